The summed E-state index contributed by atoms with van der Waals surface area (Å²) in [5, 5.41) is 13.8. The highest BCUT2D eigenvalue weighted by molar-refractivity contribution is 5.91. The molecule has 1 aliphatic carbocycles. The zero-order valence-electron chi connectivity index (χ0n) is 14.2. The zero-order valence-corrected chi connectivity index (χ0v) is 14.2. The first-order chi connectivity index (χ1) is 11.6. The first-order valence-corrected chi connectivity index (χ1v) is 8.54. The smallest absolute Gasteiger partial charge is 0.251 e. The van der Waals surface area contributed by atoms with Crippen molar-refractivity contribution >= 4 is 17.6 Å². The fourth-order valence-electron chi connectivity index (χ4n) is 3.02. The summed E-state index contributed by atoms with van der Waals surface area (Å²) in [7, 11) is 1.48. The maximum absolute atomic E-state index is 12.0. The highest BCUT2D eigenvalue weighted by Crippen LogP contribution is 2.40. The summed E-state index contributed by atoms with van der Waals surface area (Å²) in [6, 6.07) is 2.01. The lowest BCUT2D eigenvalue weighted by Gasteiger charge is -2.32. The molecule has 1 aromatic heterocycles. The maximum Gasteiger partial charge on any atom is 0.251 e. The first-order valence-electron chi connectivity index (χ1n) is 8.54. The molecule has 0 bridgehead atoms. The molecule has 3 N–H and O–H groups in total. The van der Waals surface area contributed by atoms with Crippen LogP contribution in [0, 0.1) is 0 Å². The van der Waals surface area contributed by atoms with Crippen LogP contribution in [0.2, 0.25) is 0 Å². The minimum atomic E-state index is -0.451. The van der Waals surface area contributed by atoms with Crippen molar-refractivity contribution in [1.29, 1.82) is 0 Å². The van der Waals surface area contributed by atoms with Crippen LogP contribution in [0.4, 0.5) is 5.82 Å². The molecule has 1 aromatic rings. The van der Waals surface area contributed by atoms with Crippen molar-refractivity contribution < 1.29 is 14.3 Å². The average molecular weight is 335 g/mol. The molecule has 1 saturated carbocycles. The fraction of sp³-hybridized carbons (Fsp3) is 0.688. The van der Waals surface area contributed by atoms with Gasteiger partial charge in [0.1, 0.15) is 12.4 Å². The molecule has 2 atom stereocenters. The second kappa shape index (κ2) is 7.31. The lowest BCUT2D eigenvalue weighted by atomic mass is 10.1. The summed E-state index contributed by atoms with van der Waals surface area (Å²) in [5.74, 6) is 0.784. The Morgan fingerprint density at radius 1 is 1.50 bits per heavy atom. The average Bonchev–Trinajstić information content (AvgIpc) is 3.29. The number of hydrogen-bond acceptors (Lipinski definition) is 5. The molecule has 2 amide bonds. The largest absolute Gasteiger partial charge is 0.375 e. The van der Waals surface area contributed by atoms with Gasteiger partial charge in [-0.3, -0.25) is 14.9 Å². The predicted molar refractivity (Wildman–Crippen MR) is 88.3 cm³/mol. The van der Waals surface area contributed by atoms with Gasteiger partial charge in [0.05, 0.1) is 5.69 Å². The van der Waals surface area contributed by atoms with Crippen LogP contribution < -0.4 is 16.0 Å². The molecule has 1 aliphatic heterocycles. The van der Waals surface area contributed by atoms with Crippen molar-refractivity contribution in [2.75, 3.05) is 19.0 Å². The Kier molecular flexibility index (Phi) is 5.15. The molecule has 0 radical (unpaired) electrons. The van der Waals surface area contributed by atoms with E-state index in [0.717, 1.165) is 31.4 Å². The van der Waals surface area contributed by atoms with E-state index in [1.165, 1.54) is 7.11 Å². The summed E-state index contributed by atoms with van der Waals surface area (Å²) < 4.78 is 6.53. The van der Waals surface area contributed by atoms with E-state index in [1.807, 2.05) is 6.07 Å². The molecule has 0 aromatic carbocycles. The highest BCUT2D eigenvalue weighted by Gasteiger charge is 2.32. The van der Waals surface area contributed by atoms with Crippen LogP contribution >= 0.6 is 0 Å². The van der Waals surface area contributed by atoms with Gasteiger partial charge < -0.3 is 15.4 Å². The highest BCUT2D eigenvalue weighted by atomic mass is 16.5. The number of nitrogens with one attached hydrogen (secondary N) is 3. The van der Waals surface area contributed by atoms with Crippen LogP contribution in [0.25, 0.3) is 0 Å². The fourth-order valence-corrected chi connectivity index (χ4v) is 3.02. The maximum atomic E-state index is 12.0. The van der Waals surface area contributed by atoms with E-state index >= 15 is 0 Å². The molecule has 132 valence electrons. The van der Waals surface area contributed by atoms with E-state index in [1.54, 1.807) is 4.68 Å². The van der Waals surface area contributed by atoms with E-state index in [0.29, 0.717) is 18.2 Å². The third-order valence-electron chi connectivity index (χ3n) is 4.30. The van der Waals surface area contributed by atoms with Crippen molar-refractivity contribution in [3.63, 3.8) is 0 Å². The topological polar surface area (TPSA) is 97.3 Å². The van der Waals surface area contributed by atoms with Gasteiger partial charge in [-0.25, -0.2) is 4.68 Å². The molecular formula is C16H25N5O3. The van der Waals surface area contributed by atoms with Gasteiger partial charge in [-0.2, -0.15) is 5.10 Å². The zero-order chi connectivity index (χ0) is 17.1. The number of methoxy groups -OCH3 is 1. The second-order valence-electron chi connectivity index (χ2n) is 6.48. The summed E-state index contributed by atoms with van der Waals surface area (Å²) in [5.41, 5.74) is 0.955. The third-order valence-corrected chi connectivity index (χ3v) is 4.30. The molecule has 2 aliphatic rings. The Bertz CT molecular complexity index is 611. The summed E-state index contributed by atoms with van der Waals surface area (Å²) >= 11 is 0. The van der Waals surface area contributed by atoms with E-state index in [9.17, 15) is 9.59 Å². The number of amides is 2. The van der Waals surface area contributed by atoms with E-state index in [-0.39, 0.29) is 24.5 Å². The number of carbonyl (C=O) groups is 2. The number of nitrogens with zero attached hydrogens (tertiary/aromatic N) is 2. The Morgan fingerprint density at radius 2 is 2.29 bits per heavy atom. The van der Waals surface area contributed by atoms with Crippen LogP contribution in [0.3, 0.4) is 0 Å². The summed E-state index contributed by atoms with van der Waals surface area (Å²) in [6.07, 6.45) is 4.17. The van der Waals surface area contributed by atoms with Gasteiger partial charge in [-0.1, -0.05) is 13.3 Å². The number of rotatable bonds is 7. The SMILES string of the molecule is CCCC1CC(=O)NC(n2nc(C3CC3)cc2NC(=O)COC)N1. The second-order valence-corrected chi connectivity index (χ2v) is 6.48. The molecule has 24 heavy (non-hydrogen) atoms. The number of carbonyl (C=O) groups excluding carboxylic acids is 2. The van der Waals surface area contributed by atoms with Crippen molar-refractivity contribution in [1.82, 2.24) is 20.4 Å². The van der Waals surface area contributed by atoms with Crippen LogP contribution in [0.15, 0.2) is 6.07 Å². The summed E-state index contributed by atoms with van der Waals surface area (Å²) in [6.45, 7) is 2.07. The van der Waals surface area contributed by atoms with Crippen LogP contribution in [0.1, 0.15) is 56.9 Å². The van der Waals surface area contributed by atoms with Crippen LogP contribution in [-0.2, 0) is 14.3 Å². The standard InChI is InChI=1S/C16H25N5O3/c1-3-4-11-7-14(22)19-16(17-11)21-13(18-15(23)9-24-2)8-12(20-21)10-5-6-10/h8,10-11,16-17H,3-7,9H2,1-2H3,(H,18,23)(H,19,22). The normalized spacial score (nSPS) is 23.8. The Labute approximate surface area is 141 Å². The molecular weight excluding hydrogens is 310 g/mol. The van der Waals surface area contributed by atoms with Gasteiger partial charge >= 0.3 is 0 Å². The molecule has 8 nitrogen and oxygen atoms in total. The molecule has 2 fully saturated rings. The molecule has 3 rings (SSSR count). The quantitative estimate of drug-likeness (QED) is 0.693. The Morgan fingerprint density at radius 3 is 2.96 bits per heavy atom. The third kappa shape index (κ3) is 3.93. The minimum Gasteiger partial charge on any atom is -0.375 e. The van der Waals surface area contributed by atoms with Gasteiger partial charge in [0.2, 0.25) is 5.91 Å². The molecule has 0 spiro atoms. The Hall–Kier alpha value is -1.93. The van der Waals surface area contributed by atoms with E-state index < -0.39 is 6.29 Å². The van der Waals surface area contributed by atoms with Crippen molar-refractivity contribution in [2.24, 2.45) is 0 Å². The van der Waals surface area contributed by atoms with Gasteiger partial charge in [0.15, 0.2) is 6.29 Å². The lowest BCUT2D eigenvalue weighted by molar-refractivity contribution is -0.125. The minimum absolute atomic E-state index is 0.00478. The molecule has 2 unspecified atom stereocenters. The first kappa shape index (κ1) is 16.9. The predicted octanol–water partition coefficient (Wildman–Crippen LogP) is 1.08. The Balaban J connectivity index is 1.81. The number of hydrogen-bond donors (Lipinski definition) is 3. The number of aromatic nitrogens is 2. The molecule has 1 saturated heterocycles. The van der Waals surface area contributed by atoms with Crippen LogP contribution in [0.5, 0.6) is 0 Å². The van der Waals surface area contributed by atoms with Gasteiger partial charge in [-0.05, 0) is 19.3 Å². The number of ether oxygens (including phenoxy) is 1. The van der Waals surface area contributed by atoms with Crippen molar-refractivity contribution in [3.8, 4) is 0 Å². The van der Waals surface area contributed by atoms with Gasteiger partial charge in [0.25, 0.3) is 5.91 Å². The van der Waals surface area contributed by atoms with Gasteiger partial charge in [-0.15, -0.1) is 0 Å². The molecule has 2 heterocycles. The summed E-state index contributed by atoms with van der Waals surface area (Å²) in [4.78, 5) is 23.9. The van der Waals surface area contributed by atoms with Crippen molar-refractivity contribution in [2.45, 2.75) is 57.3 Å². The monoisotopic (exact) mass is 335 g/mol. The van der Waals surface area contributed by atoms with Gasteiger partial charge in [0, 0.05) is 31.6 Å². The molecule has 8 heteroatoms. The van der Waals surface area contributed by atoms with Crippen molar-refractivity contribution in [3.05, 3.63) is 11.8 Å². The van der Waals surface area contributed by atoms with Crippen LogP contribution in [-0.4, -0.2) is 41.4 Å². The number of anilines is 1. The van der Waals surface area contributed by atoms with E-state index in [2.05, 4.69) is 28.0 Å². The van der Waals surface area contributed by atoms with E-state index in [4.69, 9.17) is 4.74 Å². The lowest BCUT2D eigenvalue weighted by Crippen LogP contribution is -2.53.